The Kier molecular flexibility index (Phi) is 3.01. The van der Waals surface area contributed by atoms with E-state index in [1.54, 1.807) is 6.20 Å². The molecule has 0 aliphatic heterocycles. The molecule has 1 aromatic carbocycles. The average Bonchev–Trinajstić information content (AvgIpc) is 2.90. The summed E-state index contributed by atoms with van der Waals surface area (Å²) in [7, 11) is 4.11. The average molecular weight is 303 g/mol. The van der Waals surface area contributed by atoms with Crippen LogP contribution in [0.4, 0.5) is 5.69 Å². The molecular weight excluding hydrogens is 286 g/mol. The summed E-state index contributed by atoms with van der Waals surface area (Å²) in [6, 6.07) is 14.0. The lowest BCUT2D eigenvalue weighted by molar-refractivity contribution is 0.849. The van der Waals surface area contributed by atoms with E-state index >= 15 is 0 Å². The van der Waals surface area contributed by atoms with Gasteiger partial charge in [-0.3, -0.25) is 0 Å². The van der Waals surface area contributed by atoms with Crippen molar-refractivity contribution in [1.82, 2.24) is 19.7 Å². The van der Waals surface area contributed by atoms with Crippen molar-refractivity contribution in [3.63, 3.8) is 0 Å². The lowest BCUT2D eigenvalue weighted by Gasteiger charge is -2.17. The van der Waals surface area contributed by atoms with E-state index in [1.165, 1.54) is 0 Å². The molecule has 0 atom stereocenters. The smallest absolute Gasteiger partial charge is 0.167 e. The molecule has 5 heteroatoms. The number of para-hydroxylation sites is 1. The monoisotopic (exact) mass is 303 g/mol. The van der Waals surface area contributed by atoms with Crippen LogP contribution in [0.2, 0.25) is 0 Å². The fraction of sp³-hybridized carbons (Fsp3) is 0.167. The fourth-order valence-electron chi connectivity index (χ4n) is 3.02. The van der Waals surface area contributed by atoms with Gasteiger partial charge in [0.1, 0.15) is 0 Å². The van der Waals surface area contributed by atoms with Gasteiger partial charge in [0.05, 0.1) is 22.3 Å². The predicted molar refractivity (Wildman–Crippen MR) is 93.2 cm³/mol. The fourth-order valence-corrected chi connectivity index (χ4v) is 3.02. The summed E-state index contributed by atoms with van der Waals surface area (Å²) in [5.74, 6) is 0.776. The Morgan fingerprint density at radius 3 is 2.52 bits per heavy atom. The summed E-state index contributed by atoms with van der Waals surface area (Å²) in [5.41, 5.74) is 3.89. The number of fused-ring (bicyclic) bond motifs is 2. The Morgan fingerprint density at radius 2 is 1.78 bits per heavy atom. The van der Waals surface area contributed by atoms with Gasteiger partial charge in [-0.1, -0.05) is 24.3 Å². The van der Waals surface area contributed by atoms with Crippen LogP contribution in [0.15, 0.2) is 48.7 Å². The molecule has 0 saturated heterocycles. The van der Waals surface area contributed by atoms with Gasteiger partial charge < -0.3 is 4.90 Å². The van der Waals surface area contributed by atoms with Crippen molar-refractivity contribution >= 4 is 27.6 Å². The highest BCUT2D eigenvalue weighted by Crippen LogP contribution is 2.35. The molecule has 0 saturated carbocycles. The SMILES string of the molecule is Cc1nn(-c2ccccn2)c2nc3ccccc3c(N(C)C)c12. The standard InChI is InChI=1S/C18H17N5/c1-12-16-17(22(2)3)13-8-4-5-9-14(13)20-18(16)23(21-12)15-10-6-7-11-19-15/h4-11H,1-3H3. The van der Waals surface area contributed by atoms with E-state index in [-0.39, 0.29) is 0 Å². The molecule has 0 unspecified atom stereocenters. The molecule has 0 fully saturated rings. The normalized spacial score (nSPS) is 11.3. The first-order chi connectivity index (χ1) is 11.2. The molecule has 0 radical (unpaired) electrons. The van der Waals surface area contributed by atoms with E-state index in [1.807, 2.05) is 48.0 Å². The minimum absolute atomic E-state index is 0.776. The van der Waals surface area contributed by atoms with Crippen LogP contribution < -0.4 is 4.90 Å². The van der Waals surface area contributed by atoms with Crippen LogP contribution in [0.5, 0.6) is 0 Å². The van der Waals surface area contributed by atoms with Crippen molar-refractivity contribution in [2.45, 2.75) is 6.92 Å². The molecule has 3 heterocycles. The number of anilines is 1. The molecule has 4 aromatic rings. The first kappa shape index (κ1) is 13.7. The highest BCUT2D eigenvalue weighted by Gasteiger charge is 2.19. The van der Waals surface area contributed by atoms with Gasteiger partial charge in [-0.25, -0.2) is 9.97 Å². The van der Waals surface area contributed by atoms with E-state index in [0.717, 1.165) is 39.1 Å². The van der Waals surface area contributed by atoms with E-state index in [4.69, 9.17) is 10.1 Å². The Balaban J connectivity index is 2.18. The second-order valence-corrected chi connectivity index (χ2v) is 5.76. The van der Waals surface area contributed by atoms with Crippen molar-refractivity contribution < 1.29 is 0 Å². The molecule has 114 valence electrons. The van der Waals surface area contributed by atoms with Gasteiger partial charge in [-0.2, -0.15) is 9.78 Å². The molecule has 3 aromatic heterocycles. The molecule has 23 heavy (non-hydrogen) atoms. The first-order valence-corrected chi connectivity index (χ1v) is 7.53. The number of pyridine rings is 2. The molecule has 0 amide bonds. The van der Waals surface area contributed by atoms with Gasteiger partial charge in [-0.15, -0.1) is 0 Å². The van der Waals surface area contributed by atoms with Crippen LogP contribution >= 0.6 is 0 Å². The Labute approximate surface area is 134 Å². The largest absolute Gasteiger partial charge is 0.376 e. The quantitative estimate of drug-likeness (QED) is 0.570. The molecule has 0 aliphatic rings. The first-order valence-electron chi connectivity index (χ1n) is 7.53. The summed E-state index contributed by atoms with van der Waals surface area (Å²) < 4.78 is 1.82. The maximum atomic E-state index is 4.85. The maximum Gasteiger partial charge on any atom is 0.167 e. The summed E-state index contributed by atoms with van der Waals surface area (Å²) >= 11 is 0. The molecule has 4 rings (SSSR count). The molecule has 5 nitrogen and oxygen atoms in total. The third-order valence-electron chi connectivity index (χ3n) is 3.97. The van der Waals surface area contributed by atoms with Gasteiger partial charge in [0, 0.05) is 25.7 Å². The van der Waals surface area contributed by atoms with Gasteiger partial charge in [0.2, 0.25) is 0 Å². The van der Waals surface area contributed by atoms with E-state index in [2.05, 4.69) is 30.0 Å². The van der Waals surface area contributed by atoms with Gasteiger partial charge in [-0.05, 0) is 25.1 Å². The number of hydrogen-bond acceptors (Lipinski definition) is 4. The summed E-state index contributed by atoms with van der Waals surface area (Å²) in [6.45, 7) is 2.02. The summed E-state index contributed by atoms with van der Waals surface area (Å²) in [6.07, 6.45) is 1.77. The zero-order valence-electron chi connectivity index (χ0n) is 13.4. The van der Waals surface area contributed by atoms with Gasteiger partial charge in [0.25, 0.3) is 0 Å². The van der Waals surface area contributed by atoms with E-state index in [0.29, 0.717) is 0 Å². The molecule has 0 spiro atoms. The molecule has 0 aliphatic carbocycles. The second kappa shape index (κ2) is 5.05. The van der Waals surface area contributed by atoms with Crippen molar-refractivity contribution in [2.75, 3.05) is 19.0 Å². The lowest BCUT2D eigenvalue weighted by Crippen LogP contribution is -2.10. The molecule has 0 N–H and O–H groups in total. The predicted octanol–water partition coefficient (Wildman–Crippen LogP) is 3.34. The van der Waals surface area contributed by atoms with Crippen LogP contribution in [0, 0.1) is 6.92 Å². The summed E-state index contributed by atoms with van der Waals surface area (Å²) in [4.78, 5) is 11.4. The lowest BCUT2D eigenvalue weighted by atomic mass is 10.1. The highest BCUT2D eigenvalue weighted by molar-refractivity contribution is 6.08. The third-order valence-corrected chi connectivity index (χ3v) is 3.97. The zero-order valence-corrected chi connectivity index (χ0v) is 13.4. The van der Waals surface area contributed by atoms with Crippen molar-refractivity contribution in [2.24, 2.45) is 0 Å². The zero-order chi connectivity index (χ0) is 16.0. The van der Waals surface area contributed by atoms with Crippen molar-refractivity contribution in [3.05, 3.63) is 54.4 Å². The van der Waals surface area contributed by atoms with Crippen LogP contribution in [-0.2, 0) is 0 Å². The van der Waals surface area contributed by atoms with Crippen molar-refractivity contribution in [1.29, 1.82) is 0 Å². The van der Waals surface area contributed by atoms with Crippen molar-refractivity contribution in [3.8, 4) is 5.82 Å². The maximum absolute atomic E-state index is 4.85. The van der Waals surface area contributed by atoms with Crippen LogP contribution in [0.3, 0.4) is 0 Å². The second-order valence-electron chi connectivity index (χ2n) is 5.76. The van der Waals surface area contributed by atoms with E-state index in [9.17, 15) is 0 Å². The Bertz CT molecular complexity index is 1000. The van der Waals surface area contributed by atoms with Crippen LogP contribution in [-0.4, -0.2) is 33.8 Å². The number of benzene rings is 1. The Morgan fingerprint density at radius 1 is 1.00 bits per heavy atom. The minimum Gasteiger partial charge on any atom is -0.376 e. The minimum atomic E-state index is 0.776. The number of rotatable bonds is 2. The molecular formula is C18H17N5. The summed E-state index contributed by atoms with van der Waals surface area (Å²) in [5, 5.41) is 6.89. The number of nitrogens with zero attached hydrogens (tertiary/aromatic N) is 5. The number of aromatic nitrogens is 4. The Hall–Kier alpha value is -2.95. The van der Waals surface area contributed by atoms with Crippen LogP contribution in [0.1, 0.15) is 5.69 Å². The van der Waals surface area contributed by atoms with E-state index < -0.39 is 0 Å². The van der Waals surface area contributed by atoms with Gasteiger partial charge in [0.15, 0.2) is 11.5 Å². The number of aryl methyl sites for hydroxylation is 1. The molecule has 0 bridgehead atoms. The topological polar surface area (TPSA) is 46.8 Å². The van der Waals surface area contributed by atoms with Gasteiger partial charge >= 0.3 is 0 Å². The number of hydrogen-bond donors (Lipinski definition) is 0. The highest BCUT2D eigenvalue weighted by atomic mass is 15.3. The third kappa shape index (κ3) is 2.04. The van der Waals surface area contributed by atoms with Crippen LogP contribution in [0.25, 0.3) is 27.8 Å².